The quantitative estimate of drug-likeness (QED) is 0.0428. The van der Waals surface area contributed by atoms with E-state index in [9.17, 15) is 36.6 Å². The predicted octanol–water partition coefficient (Wildman–Crippen LogP) is 9.11. The molecule has 2 aliphatic heterocycles. The molecule has 306 valence electrons. The molecule has 3 heterocycles. The van der Waals surface area contributed by atoms with Crippen LogP contribution in [0.3, 0.4) is 0 Å². The Balaban J connectivity index is 1.52. The van der Waals surface area contributed by atoms with Crippen LogP contribution in [0.2, 0.25) is 0 Å². The van der Waals surface area contributed by atoms with Crippen LogP contribution in [-0.4, -0.2) is 71.2 Å². The Morgan fingerprint density at radius 3 is 2.27 bits per heavy atom. The van der Waals surface area contributed by atoms with Crippen molar-refractivity contribution < 1.29 is 41.4 Å². The van der Waals surface area contributed by atoms with Gasteiger partial charge in [0.25, 0.3) is 5.92 Å². The van der Waals surface area contributed by atoms with Gasteiger partial charge in [-0.15, -0.1) is 11.3 Å². The molecule has 3 N–H and O–H groups in total. The number of ether oxygens (including phenoxy) is 1. The Morgan fingerprint density at radius 2 is 1.69 bits per heavy atom. The highest BCUT2D eigenvalue weighted by Crippen LogP contribution is 2.42. The first kappa shape index (κ1) is 44.7. The maximum atomic E-state index is 14.9. The number of thiophene rings is 1. The molecule has 1 aromatic heterocycles. The van der Waals surface area contributed by atoms with Crippen molar-refractivity contribution in [1.82, 2.24) is 9.80 Å². The second-order valence-electron chi connectivity index (χ2n) is 15.2. The zero-order valence-electron chi connectivity index (χ0n) is 32.4. The molecule has 4 atom stereocenters. The molecule has 0 spiro atoms. The zero-order valence-corrected chi connectivity index (χ0v) is 33.3. The van der Waals surface area contributed by atoms with E-state index in [1.165, 1.54) is 10.4 Å². The summed E-state index contributed by atoms with van der Waals surface area (Å²) in [6, 6.07) is 3.81. The lowest BCUT2D eigenvalue weighted by atomic mass is 9.82. The highest BCUT2D eigenvalue weighted by atomic mass is 32.1. The molecule has 55 heavy (non-hydrogen) atoms. The highest BCUT2D eigenvalue weighted by Gasteiger charge is 2.40. The number of benzene rings is 1. The number of anilines is 1. The molecule has 1 aromatic carbocycles. The van der Waals surface area contributed by atoms with Gasteiger partial charge in [0.2, 0.25) is 6.41 Å². The minimum Gasteiger partial charge on any atom is -0.398 e. The van der Waals surface area contributed by atoms with E-state index in [0.29, 0.717) is 57.7 Å². The number of nitrogen functional groups attached to an aromatic ring is 1. The number of allylic oxidation sites excluding steroid dienone is 1. The topological polar surface area (TPSA) is 96.1 Å². The minimum atomic E-state index is -5.06. The number of aliphatic hydroxyl groups excluding tert-OH is 1. The summed E-state index contributed by atoms with van der Waals surface area (Å²) in [4.78, 5) is 32.0. The number of alkyl halides is 5. The lowest BCUT2D eigenvalue weighted by Gasteiger charge is -2.37. The van der Waals surface area contributed by atoms with Crippen LogP contribution in [0.15, 0.2) is 48.4 Å². The average molecular weight is 796 g/mol. The molecule has 7 nitrogen and oxygen atoms in total. The average Bonchev–Trinajstić information content (AvgIpc) is 3.85. The van der Waals surface area contributed by atoms with E-state index < -0.39 is 53.6 Å². The summed E-state index contributed by atoms with van der Waals surface area (Å²) >= 11 is 1.69. The van der Waals surface area contributed by atoms with Crippen LogP contribution in [0, 0.1) is 11.8 Å². The van der Waals surface area contributed by atoms with E-state index in [-0.39, 0.29) is 40.9 Å². The molecular weight excluding hydrogens is 738 g/mol. The van der Waals surface area contributed by atoms with Gasteiger partial charge in [-0.25, -0.2) is 0 Å². The number of piperidine rings is 1. The summed E-state index contributed by atoms with van der Waals surface area (Å²) in [6.07, 6.45) is 0.131. The molecule has 2 aromatic rings. The SMILES string of the molecule is C=CC(F)(F)c1cc(C[C@@H](OC(O)N2CCC(C[C@@H](Cc3ccsc3CC)C(C)=O)CC2)C(=O)C(=C)CCC(CCC)N2CCCC2)cc(C(F)(F)F)c1N. The number of Topliss-reactive ketones (excluding diaryl/α,β-unsaturated/α-hetero) is 2. The molecule has 0 bridgehead atoms. The van der Waals surface area contributed by atoms with Crippen molar-refractivity contribution in [2.45, 2.75) is 128 Å². The molecule has 2 unspecified atom stereocenters. The van der Waals surface area contributed by atoms with Gasteiger partial charge >= 0.3 is 6.18 Å². The van der Waals surface area contributed by atoms with E-state index in [2.05, 4.69) is 38.0 Å². The Kier molecular flexibility index (Phi) is 16.2. The predicted molar refractivity (Wildman–Crippen MR) is 208 cm³/mol. The van der Waals surface area contributed by atoms with Crippen LogP contribution in [-0.2, 0) is 45.7 Å². The smallest absolute Gasteiger partial charge is 0.398 e. The molecule has 0 aliphatic carbocycles. The first-order chi connectivity index (χ1) is 26.0. The Bertz CT molecular complexity index is 1610. The van der Waals surface area contributed by atoms with E-state index in [0.717, 1.165) is 51.3 Å². The number of aliphatic hydroxyl groups is 1. The maximum absolute atomic E-state index is 14.9. The lowest BCUT2D eigenvalue weighted by Crippen LogP contribution is -2.46. The minimum absolute atomic E-state index is 0.132. The van der Waals surface area contributed by atoms with Crippen molar-refractivity contribution >= 4 is 28.6 Å². The summed E-state index contributed by atoms with van der Waals surface area (Å²) in [5, 5.41) is 13.4. The van der Waals surface area contributed by atoms with Crippen LogP contribution in [0.1, 0.15) is 106 Å². The number of halogens is 5. The number of aryl methyl sites for hydroxylation is 1. The van der Waals surface area contributed by atoms with Crippen LogP contribution in [0.4, 0.5) is 27.6 Å². The standard InChI is InChI=1S/C42H58F5N3O4S/c1-6-11-33(49-17-9-10-18-49)13-12-27(4)39(52)36(25-30-23-34(41(43,44)8-3)38(48)35(24-30)42(45,46)47)54-40(53)50-19-14-29(15-20-50)22-32(28(5)51)26-31-16-21-55-37(31)7-2/h8,16,21,23-24,29,32-33,36,40,53H,3-4,6-7,9-15,17-20,22,25-26,48H2,1-2,5H3/t32-,33?,36+,40?/m0/s1. The van der Waals surface area contributed by atoms with Gasteiger partial charge in [0.15, 0.2) is 5.78 Å². The Morgan fingerprint density at radius 1 is 1.04 bits per heavy atom. The lowest BCUT2D eigenvalue weighted by molar-refractivity contribution is -0.220. The fourth-order valence-electron chi connectivity index (χ4n) is 8.07. The number of ketones is 2. The molecule has 0 saturated carbocycles. The van der Waals surface area contributed by atoms with Gasteiger partial charge in [0.1, 0.15) is 11.9 Å². The van der Waals surface area contributed by atoms with E-state index in [1.807, 2.05) is 5.38 Å². The van der Waals surface area contributed by atoms with Crippen LogP contribution >= 0.6 is 11.3 Å². The number of nitrogens with two attached hydrogens (primary N) is 1. The molecular formula is C42H58F5N3O4S. The number of hydrogen-bond donors (Lipinski definition) is 2. The number of carbonyl (C=O) groups is 2. The van der Waals surface area contributed by atoms with E-state index in [4.69, 9.17) is 10.5 Å². The summed E-state index contributed by atoms with van der Waals surface area (Å²) in [6.45, 7) is 15.6. The van der Waals surface area contributed by atoms with Gasteiger partial charge in [-0.1, -0.05) is 33.4 Å². The monoisotopic (exact) mass is 795 g/mol. The molecule has 2 saturated heterocycles. The number of nitrogens with zero attached hydrogens (tertiary/aromatic N) is 2. The van der Waals surface area contributed by atoms with E-state index in [1.54, 1.807) is 23.2 Å². The second-order valence-corrected chi connectivity index (χ2v) is 16.2. The fraction of sp³-hybridized carbons (Fsp3) is 0.619. The third-order valence-corrected chi connectivity index (χ3v) is 12.5. The highest BCUT2D eigenvalue weighted by molar-refractivity contribution is 7.10. The summed E-state index contributed by atoms with van der Waals surface area (Å²) in [5.74, 6) is -4.29. The molecule has 2 aliphatic rings. The van der Waals surface area contributed by atoms with E-state index >= 15 is 0 Å². The zero-order chi connectivity index (χ0) is 40.5. The molecule has 13 heteroatoms. The first-order valence-corrected chi connectivity index (χ1v) is 20.5. The van der Waals surface area contributed by atoms with Crippen LogP contribution in [0.5, 0.6) is 0 Å². The van der Waals surface area contributed by atoms with Crippen molar-refractivity contribution in [3.8, 4) is 0 Å². The summed E-state index contributed by atoms with van der Waals surface area (Å²) < 4.78 is 78.0. The third kappa shape index (κ3) is 12.0. The Labute approximate surface area is 326 Å². The normalized spacial score (nSPS) is 18.6. The summed E-state index contributed by atoms with van der Waals surface area (Å²) in [7, 11) is 0. The first-order valence-electron chi connectivity index (χ1n) is 19.6. The van der Waals surface area contributed by atoms with Crippen molar-refractivity contribution in [3.63, 3.8) is 0 Å². The third-order valence-electron chi connectivity index (χ3n) is 11.3. The van der Waals surface area contributed by atoms with Crippen molar-refractivity contribution in [2.24, 2.45) is 11.8 Å². The van der Waals surface area contributed by atoms with Gasteiger partial charge in [-0.2, -0.15) is 22.0 Å². The maximum Gasteiger partial charge on any atom is 0.418 e. The van der Waals surface area contributed by atoms with Gasteiger partial charge in [0.05, 0.1) is 11.3 Å². The summed E-state index contributed by atoms with van der Waals surface area (Å²) in [5.41, 5.74) is 3.09. The van der Waals surface area contributed by atoms with Crippen LogP contribution in [0.25, 0.3) is 0 Å². The largest absolute Gasteiger partial charge is 0.418 e. The fourth-order valence-corrected chi connectivity index (χ4v) is 8.94. The van der Waals surface area contributed by atoms with Gasteiger partial charge in [-0.3, -0.25) is 14.5 Å². The second kappa shape index (κ2) is 19.9. The molecule has 0 radical (unpaired) electrons. The Hall–Kier alpha value is -2.97. The molecule has 4 rings (SSSR count). The van der Waals surface area contributed by atoms with Gasteiger partial charge in [-0.05, 0) is 136 Å². The molecule has 2 fully saturated rings. The van der Waals surface area contributed by atoms with Crippen molar-refractivity contribution in [2.75, 3.05) is 31.9 Å². The number of rotatable bonds is 21. The van der Waals surface area contributed by atoms with Gasteiger partial charge < -0.3 is 20.5 Å². The van der Waals surface area contributed by atoms with Crippen molar-refractivity contribution in [3.05, 3.63) is 75.5 Å². The number of hydrogen-bond acceptors (Lipinski definition) is 8. The number of carbonyl (C=O) groups excluding carboxylic acids is 2. The number of likely N-dealkylation sites (tertiary alicyclic amines) is 2. The van der Waals surface area contributed by atoms with Gasteiger partial charge in [0, 0.05) is 41.9 Å². The van der Waals surface area contributed by atoms with Crippen molar-refractivity contribution in [1.29, 1.82) is 0 Å². The van der Waals surface area contributed by atoms with Crippen LogP contribution < -0.4 is 5.73 Å². The molecule has 0 amide bonds.